The van der Waals surface area contributed by atoms with E-state index in [-0.39, 0.29) is 20.1 Å². The van der Waals surface area contributed by atoms with Gasteiger partial charge in [0.25, 0.3) is 0 Å². The van der Waals surface area contributed by atoms with Gasteiger partial charge in [0, 0.05) is 24.2 Å². The molecule has 4 heteroatoms. The molecule has 0 N–H and O–H groups in total. The Labute approximate surface area is 431 Å². The summed E-state index contributed by atoms with van der Waals surface area (Å²) in [6.45, 7) is 0. The molecule has 0 bridgehead atoms. The SMILES string of the molecule is [Ir+3].[c-]1ccccc1-c1ccc(CCc2cc(CCc3ccc(-c4[c-]cccc4)nc3)cc(-c3ccccc3-c3cnc(-c4[c-]ccc(-c5ccccc5)c4)cc3-c3ccc(-c4ccccc4)cc3)c2)cn1. The second kappa shape index (κ2) is 22.1. The Kier molecular flexibility index (Phi) is 14.5. The van der Waals surface area contributed by atoms with E-state index in [4.69, 9.17) is 15.0 Å². The third-order valence-electron chi connectivity index (χ3n) is 13.0. The molecule has 0 aliphatic carbocycles. The average Bonchev–Trinajstić information content (AvgIpc) is 3.45. The summed E-state index contributed by atoms with van der Waals surface area (Å²) in [5, 5.41) is 0. The number of rotatable bonds is 14. The van der Waals surface area contributed by atoms with Crippen LogP contribution in [0.3, 0.4) is 0 Å². The summed E-state index contributed by atoms with van der Waals surface area (Å²) in [6.07, 6.45) is 9.58. The second-order valence-electron chi connectivity index (χ2n) is 17.7. The molecule has 0 aliphatic heterocycles. The Bertz CT molecular complexity index is 3380. The van der Waals surface area contributed by atoms with Crippen molar-refractivity contribution in [3.8, 4) is 89.4 Å². The molecule has 0 radical (unpaired) electrons. The van der Waals surface area contributed by atoms with Gasteiger partial charge in [-0.3, -0.25) is 0 Å². The molecule has 0 aliphatic rings. The van der Waals surface area contributed by atoms with E-state index in [1.807, 2.05) is 54.9 Å². The zero-order valence-electron chi connectivity index (χ0n) is 39.1. The minimum absolute atomic E-state index is 0. The van der Waals surface area contributed by atoms with Crippen LogP contribution in [-0.4, -0.2) is 15.0 Å². The van der Waals surface area contributed by atoms with E-state index in [0.717, 1.165) is 98.4 Å². The largest absolute Gasteiger partial charge is 3.00 e. The van der Waals surface area contributed by atoms with Gasteiger partial charge in [0.15, 0.2) is 0 Å². The van der Waals surface area contributed by atoms with Crippen molar-refractivity contribution >= 4 is 0 Å². The minimum Gasteiger partial charge on any atom is -0.304 e. The van der Waals surface area contributed by atoms with Crippen LogP contribution in [0.4, 0.5) is 0 Å². The molecule has 340 valence electrons. The number of benzene rings is 8. The number of nitrogens with zero attached hydrogens (tertiary/aromatic N) is 3. The van der Waals surface area contributed by atoms with Crippen molar-refractivity contribution in [2.45, 2.75) is 25.7 Å². The predicted octanol–water partition coefficient (Wildman–Crippen LogP) is 16.2. The Morgan fingerprint density at radius 3 is 1.32 bits per heavy atom. The first-order valence-corrected chi connectivity index (χ1v) is 24.0. The van der Waals surface area contributed by atoms with Crippen molar-refractivity contribution in [1.29, 1.82) is 0 Å². The number of aromatic nitrogens is 3. The van der Waals surface area contributed by atoms with Crippen LogP contribution in [0.5, 0.6) is 0 Å². The fourth-order valence-electron chi connectivity index (χ4n) is 9.28. The maximum Gasteiger partial charge on any atom is 3.00 e. The zero-order chi connectivity index (χ0) is 46.9. The molecule has 0 saturated carbocycles. The molecular formula is C67H48IrN3. The third-order valence-corrected chi connectivity index (χ3v) is 13.0. The number of aryl methyl sites for hydroxylation is 4. The topological polar surface area (TPSA) is 38.7 Å². The van der Waals surface area contributed by atoms with Gasteiger partial charge in [0.1, 0.15) is 0 Å². The van der Waals surface area contributed by atoms with Crippen LogP contribution < -0.4 is 0 Å². The van der Waals surface area contributed by atoms with Crippen molar-refractivity contribution in [2.75, 3.05) is 0 Å². The average molecular weight is 1090 g/mol. The van der Waals surface area contributed by atoms with E-state index in [1.54, 1.807) is 0 Å². The maximum absolute atomic E-state index is 5.21. The number of hydrogen-bond donors (Lipinski definition) is 0. The fourth-order valence-corrected chi connectivity index (χ4v) is 9.28. The Morgan fingerprint density at radius 2 is 0.761 bits per heavy atom. The van der Waals surface area contributed by atoms with Gasteiger partial charge >= 0.3 is 20.1 Å². The van der Waals surface area contributed by atoms with E-state index < -0.39 is 0 Å². The Morgan fingerprint density at radius 1 is 0.268 bits per heavy atom. The Hall–Kier alpha value is -8.14. The molecule has 11 aromatic rings. The predicted molar refractivity (Wildman–Crippen MR) is 288 cm³/mol. The monoisotopic (exact) mass is 1090 g/mol. The first kappa shape index (κ1) is 46.6. The second-order valence-corrected chi connectivity index (χ2v) is 17.7. The van der Waals surface area contributed by atoms with Crippen LogP contribution in [0.15, 0.2) is 243 Å². The van der Waals surface area contributed by atoms with E-state index in [9.17, 15) is 0 Å². The van der Waals surface area contributed by atoms with Gasteiger partial charge in [0.2, 0.25) is 0 Å². The molecule has 0 saturated heterocycles. The fraction of sp³-hybridized carbons (Fsp3) is 0.0597. The maximum atomic E-state index is 5.21. The van der Waals surface area contributed by atoms with Gasteiger partial charge in [-0.1, -0.05) is 158 Å². The molecule has 0 amide bonds. The molecule has 0 unspecified atom stereocenters. The van der Waals surface area contributed by atoms with Gasteiger partial charge in [-0.25, -0.2) is 0 Å². The third kappa shape index (κ3) is 11.0. The molecule has 11 rings (SSSR count). The zero-order valence-corrected chi connectivity index (χ0v) is 41.5. The Balaban J connectivity index is 0.00000582. The van der Waals surface area contributed by atoms with E-state index in [0.29, 0.717) is 0 Å². The van der Waals surface area contributed by atoms with Gasteiger partial charge in [-0.2, -0.15) is 0 Å². The summed E-state index contributed by atoms with van der Waals surface area (Å²) in [6, 6.07) is 89.3. The van der Waals surface area contributed by atoms with Crippen molar-refractivity contribution in [3.05, 3.63) is 283 Å². The molecular weight excluding hydrogens is 1040 g/mol. The summed E-state index contributed by atoms with van der Waals surface area (Å²) < 4.78 is 0. The number of pyridine rings is 3. The van der Waals surface area contributed by atoms with Crippen LogP contribution in [0, 0.1) is 18.2 Å². The molecule has 8 aromatic carbocycles. The van der Waals surface area contributed by atoms with Crippen molar-refractivity contribution in [3.63, 3.8) is 0 Å². The van der Waals surface area contributed by atoms with Crippen molar-refractivity contribution in [1.82, 2.24) is 15.0 Å². The van der Waals surface area contributed by atoms with Gasteiger partial charge in [-0.15, -0.1) is 107 Å². The van der Waals surface area contributed by atoms with E-state index in [1.165, 1.54) is 38.9 Å². The first-order valence-electron chi connectivity index (χ1n) is 24.0. The van der Waals surface area contributed by atoms with E-state index in [2.05, 4.69) is 206 Å². The first-order chi connectivity index (χ1) is 34.7. The van der Waals surface area contributed by atoms with Crippen LogP contribution >= 0.6 is 0 Å². The van der Waals surface area contributed by atoms with Crippen molar-refractivity contribution in [2.24, 2.45) is 0 Å². The normalized spacial score (nSPS) is 10.9. The van der Waals surface area contributed by atoms with Crippen LogP contribution in [0.25, 0.3) is 89.4 Å². The van der Waals surface area contributed by atoms with Crippen LogP contribution in [0.1, 0.15) is 22.3 Å². The van der Waals surface area contributed by atoms with Crippen LogP contribution in [0.2, 0.25) is 0 Å². The molecule has 3 aromatic heterocycles. The summed E-state index contributed by atoms with van der Waals surface area (Å²) in [5.74, 6) is 0. The molecule has 3 heterocycles. The number of hydrogen-bond acceptors (Lipinski definition) is 3. The summed E-state index contributed by atoms with van der Waals surface area (Å²) in [7, 11) is 0. The summed E-state index contributed by atoms with van der Waals surface area (Å²) >= 11 is 0. The minimum atomic E-state index is 0. The summed E-state index contributed by atoms with van der Waals surface area (Å²) in [5.41, 5.74) is 22.1. The van der Waals surface area contributed by atoms with Gasteiger partial charge < -0.3 is 15.0 Å². The molecule has 0 spiro atoms. The van der Waals surface area contributed by atoms with E-state index >= 15 is 0 Å². The molecule has 71 heavy (non-hydrogen) atoms. The standard InChI is InChI=1S/C67H48N3.Ir/c1-5-16-52(17-6-1)54-34-36-55(37-35-54)63-44-67(59-25-15-24-58(43-59)53-18-7-2-8-19-53)70-47-64(63)62-27-14-13-26-61(62)60-41-50(30-28-48-32-38-65(68-45-48)56-20-9-3-10-21-56)40-51(42-60)31-29-49-33-39-66(69-46-49)57-22-11-4-12-23-57;/h1-20,22,24,26-27,32-47H,28-31H2;/q-3;+3. The smallest absolute Gasteiger partial charge is 0.304 e. The van der Waals surface area contributed by atoms with Gasteiger partial charge in [0.05, 0.1) is 0 Å². The van der Waals surface area contributed by atoms with Crippen LogP contribution in [-0.2, 0) is 45.8 Å². The molecule has 0 fully saturated rings. The van der Waals surface area contributed by atoms with Crippen molar-refractivity contribution < 1.29 is 20.1 Å². The molecule has 3 nitrogen and oxygen atoms in total. The summed E-state index contributed by atoms with van der Waals surface area (Å²) in [4.78, 5) is 14.9. The molecule has 0 atom stereocenters. The quantitative estimate of drug-likeness (QED) is 0.102. The van der Waals surface area contributed by atoms with Gasteiger partial charge in [-0.05, 0) is 110 Å².